The highest BCUT2D eigenvalue weighted by molar-refractivity contribution is 6.08. The molecular weight excluding hydrogens is 361 g/mol. The number of carbonyl (C=O) groups excluding carboxylic acids is 2. The van der Waals surface area contributed by atoms with Gasteiger partial charge in [-0.2, -0.15) is 0 Å². The molecule has 6 nitrogen and oxygen atoms in total. The van der Waals surface area contributed by atoms with Crippen LogP contribution in [0.3, 0.4) is 0 Å². The average molecular weight is 383 g/mol. The topological polar surface area (TPSA) is 79.8 Å². The molecule has 2 N–H and O–H groups in total. The minimum atomic E-state index is -0.844. The van der Waals surface area contributed by atoms with E-state index in [4.69, 9.17) is 4.84 Å². The van der Waals surface area contributed by atoms with Crippen LogP contribution in [-0.2, 0) is 9.63 Å². The number of benzene rings is 2. The second-order valence-electron chi connectivity index (χ2n) is 6.66. The van der Waals surface area contributed by atoms with Gasteiger partial charge >= 0.3 is 0 Å². The van der Waals surface area contributed by atoms with Gasteiger partial charge in [0.05, 0.1) is 17.0 Å². The lowest BCUT2D eigenvalue weighted by Gasteiger charge is -2.15. The Balaban J connectivity index is 1.67. The van der Waals surface area contributed by atoms with Gasteiger partial charge in [0.1, 0.15) is 5.82 Å². The van der Waals surface area contributed by atoms with Crippen molar-refractivity contribution in [1.29, 1.82) is 0 Å². The number of hydrogen-bond acceptors (Lipinski definition) is 4. The predicted molar refractivity (Wildman–Crippen MR) is 105 cm³/mol. The Kier molecular flexibility index (Phi) is 6.03. The Bertz CT molecular complexity index is 913. The van der Waals surface area contributed by atoms with Gasteiger partial charge in [-0.1, -0.05) is 36.3 Å². The van der Waals surface area contributed by atoms with Gasteiger partial charge in [0.2, 0.25) is 6.10 Å². The van der Waals surface area contributed by atoms with E-state index in [9.17, 15) is 14.0 Å². The molecule has 146 valence electrons. The van der Waals surface area contributed by atoms with E-state index in [1.807, 2.05) is 13.8 Å². The quantitative estimate of drug-likeness (QED) is 0.801. The number of carbonyl (C=O) groups is 2. The van der Waals surface area contributed by atoms with Crippen LogP contribution in [0.1, 0.15) is 42.6 Å². The van der Waals surface area contributed by atoms with E-state index < -0.39 is 12.0 Å². The van der Waals surface area contributed by atoms with Crippen molar-refractivity contribution in [3.05, 3.63) is 65.5 Å². The Labute approximate surface area is 162 Å². The third-order valence-electron chi connectivity index (χ3n) is 4.54. The summed E-state index contributed by atoms with van der Waals surface area (Å²) in [7, 11) is 0. The lowest BCUT2D eigenvalue weighted by molar-refractivity contribution is -0.125. The summed E-state index contributed by atoms with van der Waals surface area (Å²) in [6.45, 7) is 3.89. The second-order valence-corrected chi connectivity index (χ2v) is 6.66. The highest BCUT2D eigenvalue weighted by atomic mass is 19.1. The Morgan fingerprint density at radius 1 is 1.25 bits per heavy atom. The molecular formula is C21H22FN3O3. The third kappa shape index (κ3) is 4.54. The Hall–Kier alpha value is -3.22. The molecule has 0 aliphatic carbocycles. The standard InChI is InChI=1S/C21H22FN3O3/c1-3-13(2)23-20(26)16-9-4-5-10-17(16)24-21(27)19-12-18(25-28-19)14-7-6-8-15(22)11-14/h4-11,13,19H,3,12H2,1-2H3,(H,23,26)(H,24,27)/t13-,19-/m0/s1. The molecule has 2 amide bonds. The second kappa shape index (κ2) is 8.65. The first-order chi connectivity index (χ1) is 13.5. The summed E-state index contributed by atoms with van der Waals surface area (Å²) >= 11 is 0. The van der Waals surface area contributed by atoms with Gasteiger partial charge in [-0.25, -0.2) is 4.39 Å². The molecule has 0 radical (unpaired) electrons. The molecule has 1 aliphatic heterocycles. The van der Waals surface area contributed by atoms with Crippen LogP contribution < -0.4 is 10.6 Å². The van der Waals surface area contributed by atoms with Gasteiger partial charge in [-0.15, -0.1) is 0 Å². The van der Waals surface area contributed by atoms with Crippen LogP contribution in [0.25, 0.3) is 0 Å². The summed E-state index contributed by atoms with van der Waals surface area (Å²) in [5, 5.41) is 9.53. The summed E-state index contributed by atoms with van der Waals surface area (Å²) in [5.41, 5.74) is 1.85. The highest BCUT2D eigenvalue weighted by Gasteiger charge is 2.29. The lowest BCUT2D eigenvalue weighted by atomic mass is 10.0. The largest absolute Gasteiger partial charge is 0.382 e. The molecule has 0 spiro atoms. The Morgan fingerprint density at radius 2 is 2.04 bits per heavy atom. The van der Waals surface area contributed by atoms with Gasteiger partial charge in [0, 0.05) is 18.0 Å². The maximum Gasteiger partial charge on any atom is 0.268 e. The molecule has 0 saturated heterocycles. The normalized spacial score (nSPS) is 16.7. The zero-order valence-electron chi connectivity index (χ0n) is 15.7. The molecule has 28 heavy (non-hydrogen) atoms. The SMILES string of the molecule is CC[C@H](C)NC(=O)c1ccccc1NC(=O)[C@@H]1CC(c2cccc(F)c2)=NO1. The van der Waals surface area contributed by atoms with E-state index in [0.717, 1.165) is 6.42 Å². The first-order valence-corrected chi connectivity index (χ1v) is 9.17. The van der Waals surface area contributed by atoms with Gasteiger partial charge in [0.15, 0.2) is 0 Å². The van der Waals surface area contributed by atoms with Crippen LogP contribution in [0, 0.1) is 5.82 Å². The van der Waals surface area contributed by atoms with Crippen molar-refractivity contribution >= 4 is 23.2 Å². The summed E-state index contributed by atoms with van der Waals surface area (Å²) in [6.07, 6.45) is 0.177. The molecule has 2 aromatic carbocycles. The van der Waals surface area contributed by atoms with E-state index in [0.29, 0.717) is 22.5 Å². The fourth-order valence-electron chi connectivity index (χ4n) is 2.76. The molecule has 3 rings (SSSR count). The lowest BCUT2D eigenvalue weighted by Crippen LogP contribution is -2.33. The van der Waals surface area contributed by atoms with Crippen LogP contribution in [0.2, 0.25) is 0 Å². The predicted octanol–water partition coefficient (Wildman–Crippen LogP) is 3.49. The van der Waals surface area contributed by atoms with Gasteiger partial charge in [0.25, 0.3) is 11.8 Å². The molecule has 1 aliphatic rings. The maximum atomic E-state index is 13.4. The number of oxime groups is 1. The fourth-order valence-corrected chi connectivity index (χ4v) is 2.76. The van der Waals surface area contributed by atoms with Gasteiger partial charge in [-0.05, 0) is 37.6 Å². The van der Waals surface area contributed by atoms with Crippen molar-refractivity contribution in [1.82, 2.24) is 5.32 Å². The smallest absolute Gasteiger partial charge is 0.268 e. The minimum Gasteiger partial charge on any atom is -0.382 e. The molecule has 2 atom stereocenters. The Morgan fingerprint density at radius 3 is 2.79 bits per heavy atom. The monoisotopic (exact) mass is 383 g/mol. The van der Waals surface area contributed by atoms with Crippen LogP contribution in [0.15, 0.2) is 53.7 Å². The van der Waals surface area contributed by atoms with Crippen molar-refractivity contribution in [3.8, 4) is 0 Å². The summed E-state index contributed by atoms with van der Waals surface area (Å²) in [4.78, 5) is 30.3. The number of anilines is 1. The zero-order chi connectivity index (χ0) is 20.1. The van der Waals surface area contributed by atoms with Crippen LogP contribution in [0.4, 0.5) is 10.1 Å². The van der Waals surface area contributed by atoms with Crippen molar-refractivity contribution in [2.75, 3.05) is 5.32 Å². The molecule has 0 bridgehead atoms. The van der Waals surface area contributed by atoms with E-state index in [1.165, 1.54) is 12.1 Å². The molecule has 7 heteroatoms. The molecule has 0 fully saturated rings. The third-order valence-corrected chi connectivity index (χ3v) is 4.54. The molecule has 0 aromatic heterocycles. The summed E-state index contributed by atoms with van der Waals surface area (Å²) in [5.74, 6) is -1.05. The van der Waals surface area contributed by atoms with Crippen molar-refractivity contribution in [2.45, 2.75) is 38.8 Å². The fraction of sp³-hybridized carbons (Fsp3) is 0.286. The molecule has 2 aromatic rings. The van der Waals surface area contributed by atoms with Crippen LogP contribution >= 0.6 is 0 Å². The molecule has 1 heterocycles. The highest BCUT2D eigenvalue weighted by Crippen LogP contribution is 2.21. The van der Waals surface area contributed by atoms with E-state index in [-0.39, 0.29) is 24.2 Å². The summed E-state index contributed by atoms with van der Waals surface area (Å²) in [6, 6.07) is 12.8. The van der Waals surface area contributed by atoms with E-state index in [2.05, 4.69) is 15.8 Å². The number of rotatable bonds is 6. The van der Waals surface area contributed by atoms with Crippen LogP contribution in [0.5, 0.6) is 0 Å². The molecule has 0 saturated carbocycles. The van der Waals surface area contributed by atoms with E-state index >= 15 is 0 Å². The van der Waals surface area contributed by atoms with Gasteiger partial charge in [-0.3, -0.25) is 9.59 Å². The van der Waals surface area contributed by atoms with Crippen molar-refractivity contribution < 1.29 is 18.8 Å². The van der Waals surface area contributed by atoms with Crippen molar-refractivity contribution in [3.63, 3.8) is 0 Å². The van der Waals surface area contributed by atoms with Crippen LogP contribution in [-0.4, -0.2) is 29.7 Å². The first-order valence-electron chi connectivity index (χ1n) is 9.17. The number of halogens is 1. The number of hydrogen-bond donors (Lipinski definition) is 2. The minimum absolute atomic E-state index is 0.0247. The summed E-state index contributed by atoms with van der Waals surface area (Å²) < 4.78 is 13.4. The number of nitrogens with one attached hydrogen (secondary N) is 2. The molecule has 0 unspecified atom stereocenters. The van der Waals surface area contributed by atoms with Crippen molar-refractivity contribution in [2.24, 2.45) is 5.16 Å². The number of nitrogens with zero attached hydrogens (tertiary/aromatic N) is 1. The zero-order valence-corrected chi connectivity index (χ0v) is 15.7. The maximum absolute atomic E-state index is 13.4. The average Bonchev–Trinajstić information content (AvgIpc) is 3.18. The first kappa shape index (κ1) is 19.5. The number of amides is 2. The van der Waals surface area contributed by atoms with Gasteiger partial charge < -0.3 is 15.5 Å². The number of para-hydroxylation sites is 1. The van der Waals surface area contributed by atoms with E-state index in [1.54, 1.807) is 36.4 Å².